The molecule has 41 heavy (non-hydrogen) atoms. The van der Waals surface area contributed by atoms with Gasteiger partial charge in [-0.15, -0.1) is 0 Å². The lowest BCUT2D eigenvalue weighted by atomic mass is 10.1. The Morgan fingerprint density at radius 1 is 0.756 bits per heavy atom. The van der Waals surface area contributed by atoms with Crippen molar-refractivity contribution in [2.24, 2.45) is 0 Å². The van der Waals surface area contributed by atoms with Gasteiger partial charge in [-0.1, -0.05) is 67.6 Å². The summed E-state index contributed by atoms with van der Waals surface area (Å²) in [5.74, 6) is -0.378. The van der Waals surface area contributed by atoms with Crippen LogP contribution in [0.1, 0.15) is 45.1 Å². The van der Waals surface area contributed by atoms with Crippen molar-refractivity contribution in [2.75, 3.05) is 5.32 Å². The van der Waals surface area contributed by atoms with Crippen molar-refractivity contribution in [3.63, 3.8) is 0 Å². The number of carboxylic acid groups (broad SMARTS) is 1. The Labute approximate surface area is 233 Å². The molecule has 0 aliphatic carbocycles. The number of carbonyl (C=O) groups is 1. The van der Waals surface area contributed by atoms with Crippen molar-refractivity contribution in [1.29, 1.82) is 0 Å². The highest BCUT2D eigenvalue weighted by Crippen LogP contribution is 2.37. The zero-order chi connectivity index (χ0) is 30.0. The van der Waals surface area contributed by atoms with Crippen molar-refractivity contribution < 1.29 is 41.0 Å². The lowest BCUT2D eigenvalue weighted by Crippen LogP contribution is -2.12. The number of aromatic carboxylic acids is 1. The Hall–Kier alpha value is -4.47. The molecule has 0 heterocycles. The summed E-state index contributed by atoms with van der Waals surface area (Å²) in [6.45, 7) is 2.22. The second-order valence-corrected chi connectivity index (χ2v) is 8.89. The zero-order valence-electron chi connectivity index (χ0n) is 21.9. The highest BCUT2D eigenvalue weighted by atomic mass is 19.4. The van der Waals surface area contributed by atoms with Crippen LogP contribution in [-0.2, 0) is 31.9 Å². The van der Waals surface area contributed by atoms with Crippen LogP contribution in [-0.4, -0.2) is 11.1 Å². The van der Waals surface area contributed by atoms with E-state index in [0.717, 1.165) is 11.1 Å². The highest BCUT2D eigenvalue weighted by Gasteiger charge is 2.36. The fourth-order valence-corrected chi connectivity index (χ4v) is 3.70. The highest BCUT2D eigenvalue weighted by molar-refractivity contribution is 5.87. The average molecular weight is 576 g/mol. The molecule has 4 nitrogen and oxygen atoms in total. The van der Waals surface area contributed by atoms with Crippen molar-refractivity contribution in [1.82, 2.24) is 0 Å². The summed E-state index contributed by atoms with van der Waals surface area (Å²) in [5, 5.41) is 11.1. The van der Waals surface area contributed by atoms with Gasteiger partial charge in [-0.25, -0.2) is 4.79 Å². The molecule has 0 saturated carbocycles. The predicted octanol–water partition coefficient (Wildman–Crippen LogP) is 8.86. The van der Waals surface area contributed by atoms with Gasteiger partial charge in [0.2, 0.25) is 0 Å². The molecular formula is C31H27F6NO3. The SMILES string of the molecule is CCc1ccc(OCc2ccccc2)c(CNc2cc(C(F)(F)F)cc(C(F)(F)F)c2)c1.O=C(O)c1ccccc1. The molecule has 0 fully saturated rings. The molecule has 4 aromatic rings. The number of nitrogens with one attached hydrogen (secondary N) is 1. The largest absolute Gasteiger partial charge is 0.489 e. The van der Waals surface area contributed by atoms with Gasteiger partial charge in [-0.05, 0) is 53.9 Å². The summed E-state index contributed by atoms with van der Waals surface area (Å²) in [4.78, 5) is 10.2. The number of ether oxygens (including phenoxy) is 1. The third-order valence-electron chi connectivity index (χ3n) is 5.86. The molecule has 0 saturated heterocycles. The number of benzene rings is 4. The molecule has 0 aliphatic heterocycles. The Morgan fingerprint density at radius 2 is 1.32 bits per heavy atom. The van der Waals surface area contributed by atoms with Gasteiger partial charge in [-0.2, -0.15) is 26.3 Å². The van der Waals surface area contributed by atoms with Crippen LogP contribution in [0.5, 0.6) is 5.75 Å². The van der Waals surface area contributed by atoms with Crippen molar-refractivity contribution in [2.45, 2.75) is 38.8 Å². The van der Waals surface area contributed by atoms with E-state index in [1.54, 1.807) is 36.4 Å². The normalized spacial score (nSPS) is 11.3. The standard InChI is InChI=1S/C24H21F6NO.C7H6O2/c1-2-16-8-9-22(32-15-17-6-4-3-5-7-17)18(10-16)14-31-21-12-19(23(25,26)27)11-20(13-21)24(28,29)30;8-7(9)6-4-2-1-3-5-6/h3-13,31H,2,14-15H2,1H3;1-5H,(H,8,9). The number of carboxylic acids is 1. The lowest BCUT2D eigenvalue weighted by Gasteiger charge is -2.17. The van der Waals surface area contributed by atoms with E-state index in [0.29, 0.717) is 35.4 Å². The average Bonchev–Trinajstić information content (AvgIpc) is 2.95. The Bertz CT molecular complexity index is 1390. The molecule has 0 aliphatic rings. The van der Waals surface area contributed by atoms with Gasteiger partial charge >= 0.3 is 18.3 Å². The molecule has 10 heteroatoms. The van der Waals surface area contributed by atoms with E-state index in [9.17, 15) is 31.1 Å². The Balaban J connectivity index is 0.000000436. The predicted molar refractivity (Wildman–Crippen MR) is 144 cm³/mol. The molecule has 0 amide bonds. The molecule has 0 aromatic heterocycles. The maximum Gasteiger partial charge on any atom is 0.416 e. The second-order valence-electron chi connectivity index (χ2n) is 8.89. The quantitative estimate of drug-likeness (QED) is 0.206. The fraction of sp³-hybridized carbons (Fsp3) is 0.194. The van der Waals surface area contributed by atoms with E-state index in [1.807, 2.05) is 49.4 Å². The number of halogens is 6. The summed E-state index contributed by atoms with van der Waals surface area (Å²) in [5.41, 5.74) is -0.144. The Kier molecular flexibility index (Phi) is 10.4. The Morgan fingerprint density at radius 3 is 1.80 bits per heavy atom. The molecule has 0 bridgehead atoms. The van der Waals surface area contributed by atoms with Crippen LogP contribution in [0.2, 0.25) is 0 Å². The number of alkyl halides is 6. The van der Waals surface area contributed by atoms with E-state index < -0.39 is 29.4 Å². The number of aryl methyl sites for hydroxylation is 1. The minimum Gasteiger partial charge on any atom is -0.489 e. The summed E-state index contributed by atoms with van der Waals surface area (Å²) in [6.07, 6.45) is -9.08. The van der Waals surface area contributed by atoms with Crippen LogP contribution >= 0.6 is 0 Å². The monoisotopic (exact) mass is 575 g/mol. The maximum absolute atomic E-state index is 13.1. The van der Waals surface area contributed by atoms with E-state index in [4.69, 9.17) is 9.84 Å². The molecule has 0 radical (unpaired) electrons. The van der Waals surface area contributed by atoms with Crippen LogP contribution < -0.4 is 10.1 Å². The molecule has 216 valence electrons. The van der Waals surface area contributed by atoms with E-state index in [1.165, 1.54) is 0 Å². The van der Waals surface area contributed by atoms with Crippen LogP contribution in [0.4, 0.5) is 32.0 Å². The van der Waals surface area contributed by atoms with Crippen LogP contribution in [0, 0.1) is 0 Å². The maximum atomic E-state index is 13.1. The number of hydrogen-bond acceptors (Lipinski definition) is 3. The van der Waals surface area contributed by atoms with E-state index >= 15 is 0 Å². The smallest absolute Gasteiger partial charge is 0.416 e. The van der Waals surface area contributed by atoms with E-state index in [-0.39, 0.29) is 24.9 Å². The first-order chi connectivity index (χ1) is 19.4. The van der Waals surface area contributed by atoms with Gasteiger partial charge in [-0.3, -0.25) is 0 Å². The summed E-state index contributed by atoms with van der Waals surface area (Å²) in [7, 11) is 0. The van der Waals surface area contributed by atoms with Crippen molar-refractivity contribution in [3.05, 3.63) is 130 Å². The van der Waals surface area contributed by atoms with Gasteiger partial charge < -0.3 is 15.2 Å². The van der Waals surface area contributed by atoms with Gasteiger partial charge in [0.05, 0.1) is 16.7 Å². The minimum atomic E-state index is -4.90. The number of rotatable bonds is 8. The minimum absolute atomic E-state index is 0.00340. The third-order valence-corrected chi connectivity index (χ3v) is 5.86. The van der Waals surface area contributed by atoms with Gasteiger partial charge in [0, 0.05) is 17.8 Å². The number of anilines is 1. The van der Waals surface area contributed by atoms with Crippen LogP contribution in [0.15, 0.2) is 97.1 Å². The van der Waals surface area contributed by atoms with Crippen molar-refractivity contribution >= 4 is 11.7 Å². The van der Waals surface area contributed by atoms with Crippen LogP contribution in [0.3, 0.4) is 0 Å². The topological polar surface area (TPSA) is 58.6 Å². The molecule has 0 unspecified atom stereocenters. The summed E-state index contributed by atoms with van der Waals surface area (Å²) < 4.78 is 84.5. The summed E-state index contributed by atoms with van der Waals surface area (Å²) in [6, 6.07) is 24.6. The van der Waals surface area contributed by atoms with Gasteiger partial charge in [0.15, 0.2) is 0 Å². The number of hydrogen-bond donors (Lipinski definition) is 2. The van der Waals surface area contributed by atoms with Crippen LogP contribution in [0.25, 0.3) is 0 Å². The van der Waals surface area contributed by atoms with Gasteiger partial charge in [0.25, 0.3) is 0 Å². The molecule has 4 rings (SSSR count). The second kappa shape index (κ2) is 13.7. The van der Waals surface area contributed by atoms with E-state index in [2.05, 4.69) is 5.32 Å². The van der Waals surface area contributed by atoms with Crippen molar-refractivity contribution in [3.8, 4) is 5.75 Å². The first-order valence-electron chi connectivity index (χ1n) is 12.5. The third kappa shape index (κ3) is 9.59. The van der Waals surface area contributed by atoms with Gasteiger partial charge in [0.1, 0.15) is 12.4 Å². The fourth-order valence-electron chi connectivity index (χ4n) is 3.70. The molecular weight excluding hydrogens is 548 g/mol. The molecule has 2 N–H and O–H groups in total. The zero-order valence-corrected chi connectivity index (χ0v) is 21.9. The lowest BCUT2D eigenvalue weighted by molar-refractivity contribution is -0.143. The molecule has 0 spiro atoms. The summed E-state index contributed by atoms with van der Waals surface area (Å²) >= 11 is 0. The molecule has 4 aromatic carbocycles. The molecule has 0 atom stereocenters. The first kappa shape index (κ1) is 31.1. The first-order valence-corrected chi connectivity index (χ1v) is 12.5.